The third-order valence-corrected chi connectivity index (χ3v) is 4.12. The highest BCUT2D eigenvalue weighted by molar-refractivity contribution is 7.99. The number of nitriles is 1. The van der Waals surface area contributed by atoms with Crippen LogP contribution in [0.25, 0.3) is 22.9 Å². The maximum absolute atomic E-state index is 8.84. The van der Waals surface area contributed by atoms with Crippen LogP contribution >= 0.6 is 11.8 Å². The van der Waals surface area contributed by atoms with Gasteiger partial charge >= 0.3 is 0 Å². The number of hydrogen-bond acceptors (Lipinski definition) is 8. The molecule has 25 heavy (non-hydrogen) atoms. The third-order valence-electron chi connectivity index (χ3n) is 3.26. The van der Waals surface area contributed by atoms with Crippen LogP contribution in [0.5, 0.6) is 0 Å². The van der Waals surface area contributed by atoms with Crippen molar-refractivity contribution in [1.82, 2.24) is 20.6 Å². The van der Waals surface area contributed by atoms with Gasteiger partial charge in [-0.3, -0.25) is 5.10 Å². The number of nitrogens with one attached hydrogen (secondary N) is 2. The number of nitrogens with two attached hydrogens (primary N) is 2. The molecular weight excluding hydrogens is 340 g/mol. The minimum atomic E-state index is 0.416. The number of nitrogens with zero attached hydrogens (tertiary/aromatic N) is 4. The highest BCUT2D eigenvalue weighted by Gasteiger charge is 2.12. The summed E-state index contributed by atoms with van der Waals surface area (Å²) < 4.78 is 5.81. The minimum absolute atomic E-state index is 0.416. The Bertz CT molecular complexity index is 922. The van der Waals surface area contributed by atoms with Gasteiger partial charge in [0.25, 0.3) is 0 Å². The summed E-state index contributed by atoms with van der Waals surface area (Å²) in [5.41, 5.74) is 3.86. The lowest BCUT2D eigenvalue weighted by Crippen LogP contribution is -2.33. The number of hydrazone groups is 1. The molecule has 3 rings (SSSR count). The molecule has 1 aromatic carbocycles. The molecule has 0 amide bonds. The predicted molar refractivity (Wildman–Crippen MR) is 93.9 cm³/mol. The summed E-state index contributed by atoms with van der Waals surface area (Å²) in [7, 11) is 0. The van der Waals surface area contributed by atoms with Crippen molar-refractivity contribution in [2.75, 3.05) is 5.75 Å². The van der Waals surface area contributed by atoms with E-state index < -0.39 is 0 Å². The maximum atomic E-state index is 8.84. The Morgan fingerprint density at radius 2 is 2.04 bits per heavy atom. The van der Waals surface area contributed by atoms with Gasteiger partial charge in [-0.05, 0) is 36.4 Å². The van der Waals surface area contributed by atoms with E-state index in [1.54, 1.807) is 18.2 Å². The fraction of sp³-hybridized carbons (Fsp3) is 0.0667. The van der Waals surface area contributed by atoms with E-state index in [4.69, 9.17) is 21.4 Å². The number of benzene rings is 1. The van der Waals surface area contributed by atoms with E-state index in [0.29, 0.717) is 39.7 Å². The van der Waals surface area contributed by atoms with Gasteiger partial charge < -0.3 is 15.7 Å². The van der Waals surface area contributed by atoms with E-state index in [0.717, 1.165) is 5.56 Å². The van der Waals surface area contributed by atoms with E-state index in [1.165, 1.54) is 11.8 Å². The summed E-state index contributed by atoms with van der Waals surface area (Å²) in [6, 6.07) is 12.9. The third kappa shape index (κ3) is 3.79. The smallest absolute Gasteiger partial charge is 0.209 e. The number of hydrogen-bond donors (Lipinski definition) is 4. The van der Waals surface area contributed by atoms with Crippen LogP contribution in [-0.2, 0) is 0 Å². The Kier molecular flexibility index (Phi) is 4.98. The normalized spacial score (nSPS) is 11.3. The van der Waals surface area contributed by atoms with Crippen molar-refractivity contribution < 1.29 is 4.42 Å². The molecule has 0 atom stereocenters. The molecule has 10 heteroatoms. The lowest BCUT2D eigenvalue weighted by atomic mass is 10.1. The van der Waals surface area contributed by atoms with Gasteiger partial charge in [-0.2, -0.15) is 15.3 Å². The molecule has 3 aromatic rings. The molecule has 0 bridgehead atoms. The topological polar surface area (TPSA) is 155 Å². The molecule has 0 saturated heterocycles. The molecule has 0 saturated carbocycles. The molecule has 2 heterocycles. The van der Waals surface area contributed by atoms with Crippen LogP contribution in [0.1, 0.15) is 5.56 Å². The second kappa shape index (κ2) is 7.52. The average molecular weight is 354 g/mol. The number of thioether (sulfide) groups is 1. The van der Waals surface area contributed by atoms with E-state index in [1.807, 2.05) is 18.2 Å². The first kappa shape index (κ1) is 16.6. The standard InChI is InChI=1S/C15H14N8OS/c16-7-9-1-3-10(4-2-9)11-5-6-12(24-11)14-19-15(23-22-14)25-8-13(20-17)21-18/h1-6H,8,17-18H2,(H,20,21)(H,19,22,23). The quantitative estimate of drug-likeness (QED) is 0.176. The van der Waals surface area contributed by atoms with Crippen molar-refractivity contribution in [1.29, 1.82) is 5.26 Å². The van der Waals surface area contributed by atoms with E-state index in [9.17, 15) is 0 Å². The Hall–Kier alpha value is -3.29. The first-order chi connectivity index (χ1) is 12.2. The van der Waals surface area contributed by atoms with Crippen LogP contribution in [0, 0.1) is 11.3 Å². The second-order valence-electron chi connectivity index (χ2n) is 4.83. The van der Waals surface area contributed by atoms with E-state index >= 15 is 0 Å². The van der Waals surface area contributed by atoms with Gasteiger partial charge in [0, 0.05) is 5.56 Å². The van der Waals surface area contributed by atoms with Gasteiger partial charge in [0.2, 0.25) is 5.16 Å². The maximum Gasteiger partial charge on any atom is 0.209 e. The van der Waals surface area contributed by atoms with Crippen LogP contribution in [0.15, 0.2) is 51.1 Å². The molecule has 126 valence electrons. The molecule has 6 N–H and O–H groups in total. The number of hydrazine groups is 1. The fourth-order valence-corrected chi connectivity index (χ4v) is 2.69. The summed E-state index contributed by atoms with van der Waals surface area (Å²) in [6.45, 7) is 0. The lowest BCUT2D eigenvalue weighted by molar-refractivity contribution is 0.592. The number of amidine groups is 1. The van der Waals surface area contributed by atoms with Crippen LogP contribution in [0.4, 0.5) is 0 Å². The van der Waals surface area contributed by atoms with Crippen LogP contribution in [0.3, 0.4) is 0 Å². The van der Waals surface area contributed by atoms with Crippen LogP contribution in [-0.4, -0.2) is 26.8 Å². The Labute approximate surface area is 147 Å². The molecule has 0 fully saturated rings. The Balaban J connectivity index is 1.73. The molecular formula is C15H14N8OS. The first-order valence-corrected chi connectivity index (χ1v) is 8.11. The summed E-state index contributed by atoms with van der Waals surface area (Å²) in [6.07, 6.45) is 0. The van der Waals surface area contributed by atoms with Crippen molar-refractivity contribution >= 4 is 17.6 Å². The van der Waals surface area contributed by atoms with Gasteiger partial charge in [0.1, 0.15) is 11.6 Å². The van der Waals surface area contributed by atoms with Gasteiger partial charge in [0.05, 0.1) is 17.4 Å². The van der Waals surface area contributed by atoms with Crippen molar-refractivity contribution in [3.8, 4) is 29.0 Å². The van der Waals surface area contributed by atoms with Crippen molar-refractivity contribution in [3.05, 3.63) is 42.0 Å². The number of aromatic amines is 1. The number of furan rings is 1. The number of H-pyrrole nitrogens is 1. The highest BCUT2D eigenvalue weighted by Crippen LogP contribution is 2.27. The molecule has 2 aromatic heterocycles. The molecule has 0 radical (unpaired) electrons. The monoisotopic (exact) mass is 354 g/mol. The van der Waals surface area contributed by atoms with E-state index in [-0.39, 0.29) is 0 Å². The zero-order chi connectivity index (χ0) is 17.6. The molecule has 0 aliphatic carbocycles. The Morgan fingerprint density at radius 3 is 2.72 bits per heavy atom. The van der Waals surface area contributed by atoms with Gasteiger partial charge in [-0.15, -0.1) is 5.10 Å². The zero-order valence-electron chi connectivity index (χ0n) is 12.9. The number of aromatic nitrogens is 3. The van der Waals surface area contributed by atoms with Gasteiger partial charge in [-0.25, -0.2) is 5.84 Å². The molecule has 9 nitrogen and oxygen atoms in total. The van der Waals surface area contributed by atoms with Gasteiger partial charge in [-0.1, -0.05) is 11.8 Å². The fourth-order valence-electron chi connectivity index (χ4n) is 2.00. The lowest BCUT2D eigenvalue weighted by Gasteiger charge is -1.99. The SMILES string of the molecule is N#Cc1ccc(-c2ccc(-c3nc(SC/C(=N/N)NN)n[nH]3)o2)cc1. The average Bonchev–Trinajstić information content (AvgIpc) is 3.32. The first-order valence-electron chi connectivity index (χ1n) is 7.13. The molecule has 0 spiro atoms. The van der Waals surface area contributed by atoms with Gasteiger partial charge in [0.15, 0.2) is 11.6 Å². The summed E-state index contributed by atoms with van der Waals surface area (Å²) in [5.74, 6) is 13.0. The summed E-state index contributed by atoms with van der Waals surface area (Å²) in [4.78, 5) is 4.35. The molecule has 0 aliphatic heterocycles. The molecule has 0 unspecified atom stereocenters. The number of rotatable bonds is 5. The predicted octanol–water partition coefficient (Wildman–Crippen LogP) is 1.43. The van der Waals surface area contributed by atoms with E-state index in [2.05, 4.69) is 31.8 Å². The van der Waals surface area contributed by atoms with Crippen molar-refractivity contribution in [2.45, 2.75) is 5.16 Å². The second-order valence-corrected chi connectivity index (χ2v) is 5.77. The Morgan fingerprint density at radius 1 is 1.28 bits per heavy atom. The van der Waals surface area contributed by atoms with Crippen molar-refractivity contribution in [3.63, 3.8) is 0 Å². The minimum Gasteiger partial charge on any atom is -0.453 e. The van der Waals surface area contributed by atoms with Crippen molar-refractivity contribution in [2.24, 2.45) is 16.8 Å². The van der Waals surface area contributed by atoms with Crippen LogP contribution < -0.4 is 17.1 Å². The van der Waals surface area contributed by atoms with Crippen LogP contribution in [0.2, 0.25) is 0 Å². The highest BCUT2D eigenvalue weighted by atomic mass is 32.2. The summed E-state index contributed by atoms with van der Waals surface area (Å²) >= 11 is 1.32. The summed E-state index contributed by atoms with van der Waals surface area (Å²) in [5, 5.41) is 19.8. The largest absolute Gasteiger partial charge is 0.453 e. The molecule has 0 aliphatic rings. The zero-order valence-corrected chi connectivity index (χ0v) is 13.7.